The van der Waals surface area contributed by atoms with Gasteiger partial charge in [-0.1, -0.05) is 42.5 Å². The molecule has 0 aliphatic heterocycles. The first-order valence-electron chi connectivity index (χ1n) is 7.73. The highest BCUT2D eigenvalue weighted by Gasteiger charge is 2.36. The maximum Gasteiger partial charge on any atom is 0.228 e. The molecule has 1 atom stereocenters. The lowest BCUT2D eigenvalue weighted by atomic mass is 9.93. The zero-order chi connectivity index (χ0) is 15.4. The lowest BCUT2D eigenvalue weighted by molar-refractivity contribution is -0.123. The van der Waals surface area contributed by atoms with Crippen molar-refractivity contribution < 1.29 is 9.53 Å². The number of rotatable bonds is 6. The predicted octanol–water partition coefficient (Wildman–Crippen LogP) is 3.51. The Morgan fingerprint density at radius 3 is 2.41 bits per heavy atom. The molecule has 0 spiro atoms. The summed E-state index contributed by atoms with van der Waals surface area (Å²) in [6, 6.07) is 17.9. The van der Waals surface area contributed by atoms with E-state index in [0.717, 1.165) is 29.7 Å². The first-order chi connectivity index (χ1) is 10.8. The van der Waals surface area contributed by atoms with E-state index >= 15 is 0 Å². The number of ether oxygens (including phenoxy) is 1. The first kappa shape index (κ1) is 14.6. The van der Waals surface area contributed by atoms with Crippen LogP contribution in [0, 0.1) is 5.92 Å². The Morgan fingerprint density at radius 2 is 1.82 bits per heavy atom. The summed E-state index contributed by atoms with van der Waals surface area (Å²) in [4.78, 5) is 12.6. The predicted molar refractivity (Wildman–Crippen MR) is 86.7 cm³/mol. The van der Waals surface area contributed by atoms with E-state index in [2.05, 4.69) is 17.4 Å². The lowest BCUT2D eigenvalue weighted by Gasteiger charge is -2.16. The molecule has 2 aromatic rings. The number of carbonyl (C=O) groups excluding carboxylic acids is 1. The summed E-state index contributed by atoms with van der Waals surface area (Å²) in [5.74, 6) is 1.44. The van der Waals surface area contributed by atoms with Crippen molar-refractivity contribution in [2.75, 3.05) is 7.11 Å². The monoisotopic (exact) mass is 295 g/mol. The topological polar surface area (TPSA) is 38.3 Å². The van der Waals surface area contributed by atoms with Crippen LogP contribution in [0.2, 0.25) is 0 Å². The maximum absolute atomic E-state index is 12.6. The van der Waals surface area contributed by atoms with Gasteiger partial charge in [-0.15, -0.1) is 0 Å². The molecular weight excluding hydrogens is 274 g/mol. The fourth-order valence-corrected chi connectivity index (χ4v) is 2.77. The molecule has 1 N–H and O–H groups in total. The first-order valence-corrected chi connectivity index (χ1v) is 7.73. The fourth-order valence-electron chi connectivity index (χ4n) is 2.77. The van der Waals surface area contributed by atoms with Crippen molar-refractivity contribution in [3.8, 4) is 5.75 Å². The molecule has 0 aromatic heterocycles. The Hall–Kier alpha value is -2.29. The number of hydrogen-bond donors (Lipinski definition) is 1. The van der Waals surface area contributed by atoms with E-state index in [-0.39, 0.29) is 11.8 Å². The third kappa shape index (κ3) is 3.48. The van der Waals surface area contributed by atoms with Crippen molar-refractivity contribution >= 4 is 5.91 Å². The van der Waals surface area contributed by atoms with Crippen LogP contribution in [-0.4, -0.2) is 13.0 Å². The van der Waals surface area contributed by atoms with Gasteiger partial charge >= 0.3 is 0 Å². The second-order valence-electron chi connectivity index (χ2n) is 5.79. The van der Waals surface area contributed by atoms with E-state index in [1.165, 1.54) is 0 Å². The average molecular weight is 295 g/mol. The molecule has 2 aromatic carbocycles. The Morgan fingerprint density at radius 1 is 1.14 bits per heavy atom. The molecule has 1 unspecified atom stereocenters. The fraction of sp³-hybridized carbons (Fsp3) is 0.316. The second kappa shape index (κ2) is 6.65. The van der Waals surface area contributed by atoms with E-state index in [4.69, 9.17) is 4.74 Å². The van der Waals surface area contributed by atoms with Crippen molar-refractivity contribution in [2.24, 2.45) is 5.92 Å². The van der Waals surface area contributed by atoms with Gasteiger partial charge in [-0.2, -0.15) is 0 Å². The van der Waals surface area contributed by atoms with E-state index < -0.39 is 0 Å². The van der Waals surface area contributed by atoms with E-state index in [9.17, 15) is 4.79 Å². The van der Waals surface area contributed by atoms with Crippen LogP contribution in [0.3, 0.4) is 0 Å². The van der Waals surface area contributed by atoms with Crippen molar-refractivity contribution in [1.82, 2.24) is 5.32 Å². The molecule has 1 fully saturated rings. The quantitative estimate of drug-likeness (QED) is 0.885. The summed E-state index contributed by atoms with van der Waals surface area (Å²) in [5.41, 5.74) is 2.20. The normalized spacial score (nSPS) is 15.1. The summed E-state index contributed by atoms with van der Waals surface area (Å²) >= 11 is 0. The van der Waals surface area contributed by atoms with Gasteiger partial charge in [-0.05, 0) is 42.0 Å². The minimum Gasteiger partial charge on any atom is -0.497 e. The van der Waals surface area contributed by atoms with Crippen LogP contribution in [0.1, 0.15) is 29.9 Å². The summed E-state index contributed by atoms with van der Waals surface area (Å²) in [6.07, 6.45) is 2.30. The van der Waals surface area contributed by atoms with Gasteiger partial charge in [0.05, 0.1) is 13.0 Å². The van der Waals surface area contributed by atoms with E-state index in [0.29, 0.717) is 12.5 Å². The van der Waals surface area contributed by atoms with Crippen LogP contribution in [0.4, 0.5) is 0 Å². The number of carbonyl (C=O) groups is 1. The maximum atomic E-state index is 12.6. The van der Waals surface area contributed by atoms with Crippen LogP contribution < -0.4 is 10.1 Å². The zero-order valence-corrected chi connectivity index (χ0v) is 12.8. The third-order valence-electron chi connectivity index (χ3n) is 4.16. The van der Waals surface area contributed by atoms with Crippen LogP contribution >= 0.6 is 0 Å². The molecule has 0 saturated heterocycles. The molecule has 1 aliphatic rings. The van der Waals surface area contributed by atoms with Crippen molar-refractivity contribution in [1.29, 1.82) is 0 Å². The second-order valence-corrected chi connectivity index (χ2v) is 5.79. The Balaban J connectivity index is 1.64. The van der Waals surface area contributed by atoms with Crippen LogP contribution in [0.5, 0.6) is 5.75 Å². The number of methoxy groups -OCH3 is 1. The summed E-state index contributed by atoms with van der Waals surface area (Å²) in [7, 11) is 1.65. The highest BCUT2D eigenvalue weighted by molar-refractivity contribution is 5.84. The van der Waals surface area contributed by atoms with Gasteiger partial charge in [0.15, 0.2) is 0 Å². The minimum absolute atomic E-state index is 0.0144. The molecule has 0 radical (unpaired) electrons. The molecule has 1 saturated carbocycles. The van der Waals surface area contributed by atoms with E-state index in [1.54, 1.807) is 7.11 Å². The van der Waals surface area contributed by atoms with Gasteiger partial charge < -0.3 is 10.1 Å². The molecule has 3 rings (SSSR count). The third-order valence-corrected chi connectivity index (χ3v) is 4.16. The molecule has 0 heterocycles. The average Bonchev–Trinajstić information content (AvgIpc) is 3.39. The minimum atomic E-state index is -0.0144. The molecule has 22 heavy (non-hydrogen) atoms. The van der Waals surface area contributed by atoms with Gasteiger partial charge in [0.1, 0.15) is 5.75 Å². The zero-order valence-electron chi connectivity index (χ0n) is 12.8. The SMILES string of the molecule is COc1ccc(CNC(=O)C(c2ccccc2)C2CC2)cc1. The summed E-state index contributed by atoms with van der Waals surface area (Å²) < 4.78 is 5.14. The van der Waals surface area contributed by atoms with Gasteiger partial charge in [0, 0.05) is 6.54 Å². The van der Waals surface area contributed by atoms with Crippen molar-refractivity contribution in [2.45, 2.75) is 25.3 Å². The molecular formula is C19H21NO2. The van der Waals surface area contributed by atoms with Gasteiger partial charge in [-0.3, -0.25) is 4.79 Å². The Bertz CT molecular complexity index is 618. The van der Waals surface area contributed by atoms with Crippen LogP contribution in [0.25, 0.3) is 0 Å². The van der Waals surface area contributed by atoms with Crippen molar-refractivity contribution in [3.05, 3.63) is 65.7 Å². The number of amides is 1. The standard InChI is InChI=1S/C19H21NO2/c1-22-17-11-7-14(8-12-17)13-20-19(21)18(16-9-10-16)15-5-3-2-4-6-15/h2-8,11-12,16,18H,9-10,13H2,1H3,(H,20,21). The molecule has 0 bridgehead atoms. The van der Waals surface area contributed by atoms with Crippen LogP contribution in [0.15, 0.2) is 54.6 Å². The van der Waals surface area contributed by atoms with Gasteiger partial charge in [-0.25, -0.2) is 0 Å². The largest absolute Gasteiger partial charge is 0.497 e. The Kier molecular flexibility index (Phi) is 4.42. The van der Waals surface area contributed by atoms with Crippen LogP contribution in [-0.2, 0) is 11.3 Å². The highest BCUT2D eigenvalue weighted by atomic mass is 16.5. The lowest BCUT2D eigenvalue weighted by Crippen LogP contribution is -2.30. The Labute approximate surface area is 131 Å². The van der Waals surface area contributed by atoms with Crippen molar-refractivity contribution in [3.63, 3.8) is 0 Å². The molecule has 114 valence electrons. The molecule has 3 heteroatoms. The van der Waals surface area contributed by atoms with E-state index in [1.807, 2.05) is 42.5 Å². The molecule has 1 amide bonds. The number of benzene rings is 2. The smallest absolute Gasteiger partial charge is 0.228 e. The molecule has 3 nitrogen and oxygen atoms in total. The van der Waals surface area contributed by atoms with Gasteiger partial charge in [0.2, 0.25) is 5.91 Å². The summed E-state index contributed by atoms with van der Waals surface area (Å²) in [6.45, 7) is 0.554. The summed E-state index contributed by atoms with van der Waals surface area (Å²) in [5, 5.41) is 3.08. The number of hydrogen-bond acceptors (Lipinski definition) is 2. The molecule has 1 aliphatic carbocycles. The van der Waals surface area contributed by atoms with Gasteiger partial charge in [0.25, 0.3) is 0 Å². The number of nitrogens with one attached hydrogen (secondary N) is 1. The highest BCUT2D eigenvalue weighted by Crippen LogP contribution is 2.42.